The van der Waals surface area contributed by atoms with Gasteiger partial charge in [0.15, 0.2) is 5.60 Å². The standard InChI is InChI=1S/C19H28N2O4/c1-20-10-5-4-9-19(18(20)22)14-21(11-12-25-19)13-15-16(23-2)7-6-8-17(15)24-3/h6-8H,4-5,9-14H2,1-3H3. The minimum atomic E-state index is -0.710. The van der Waals surface area contributed by atoms with E-state index in [1.807, 2.05) is 30.1 Å². The van der Waals surface area contributed by atoms with Crippen LogP contribution in [-0.4, -0.2) is 68.8 Å². The lowest BCUT2D eigenvalue weighted by Crippen LogP contribution is -2.59. The normalized spacial score (nSPS) is 25.1. The molecule has 6 heteroatoms. The molecule has 0 radical (unpaired) electrons. The third kappa shape index (κ3) is 3.60. The van der Waals surface area contributed by atoms with Crippen molar-refractivity contribution < 1.29 is 19.0 Å². The van der Waals surface area contributed by atoms with E-state index in [1.54, 1.807) is 14.2 Å². The van der Waals surface area contributed by atoms with E-state index in [2.05, 4.69) is 4.90 Å². The zero-order valence-corrected chi connectivity index (χ0v) is 15.4. The Morgan fingerprint density at radius 2 is 1.88 bits per heavy atom. The van der Waals surface area contributed by atoms with E-state index in [4.69, 9.17) is 14.2 Å². The van der Waals surface area contributed by atoms with E-state index in [1.165, 1.54) is 0 Å². The summed E-state index contributed by atoms with van der Waals surface area (Å²) >= 11 is 0. The molecule has 2 saturated heterocycles. The number of nitrogens with zero attached hydrogens (tertiary/aromatic N) is 2. The number of hydrogen-bond donors (Lipinski definition) is 0. The van der Waals surface area contributed by atoms with E-state index >= 15 is 0 Å². The number of likely N-dealkylation sites (tertiary alicyclic amines) is 1. The lowest BCUT2D eigenvalue weighted by atomic mass is 9.94. The third-order valence-electron chi connectivity index (χ3n) is 5.24. The maximum atomic E-state index is 12.9. The summed E-state index contributed by atoms with van der Waals surface area (Å²) in [5, 5.41) is 0. The van der Waals surface area contributed by atoms with Gasteiger partial charge in [0.1, 0.15) is 11.5 Å². The number of carbonyl (C=O) groups excluding carboxylic acids is 1. The van der Waals surface area contributed by atoms with Crippen LogP contribution in [0.3, 0.4) is 0 Å². The van der Waals surface area contributed by atoms with Crippen LogP contribution in [0.4, 0.5) is 0 Å². The highest BCUT2D eigenvalue weighted by Gasteiger charge is 2.46. The van der Waals surface area contributed by atoms with Crippen molar-refractivity contribution in [2.75, 3.05) is 47.5 Å². The molecular weight excluding hydrogens is 320 g/mol. The summed E-state index contributed by atoms with van der Waals surface area (Å²) in [6.45, 7) is 3.45. The highest BCUT2D eigenvalue weighted by atomic mass is 16.5. The molecular formula is C19H28N2O4. The fourth-order valence-electron chi connectivity index (χ4n) is 3.89. The van der Waals surface area contributed by atoms with Gasteiger partial charge in [-0.15, -0.1) is 0 Å². The van der Waals surface area contributed by atoms with Gasteiger partial charge in [0.2, 0.25) is 0 Å². The van der Waals surface area contributed by atoms with Gasteiger partial charge >= 0.3 is 0 Å². The molecule has 0 aromatic heterocycles. The first-order chi connectivity index (χ1) is 12.1. The van der Waals surface area contributed by atoms with Gasteiger partial charge in [0.05, 0.1) is 26.4 Å². The molecule has 1 atom stereocenters. The Kier molecular flexibility index (Phi) is 5.49. The van der Waals surface area contributed by atoms with Crippen LogP contribution in [0.1, 0.15) is 24.8 Å². The van der Waals surface area contributed by atoms with Crippen molar-refractivity contribution in [3.8, 4) is 11.5 Å². The quantitative estimate of drug-likeness (QED) is 0.832. The number of benzene rings is 1. The van der Waals surface area contributed by atoms with Gasteiger partial charge in [-0.05, 0) is 31.4 Å². The lowest BCUT2D eigenvalue weighted by Gasteiger charge is -2.42. The summed E-state index contributed by atoms with van der Waals surface area (Å²) in [7, 11) is 5.21. The third-order valence-corrected chi connectivity index (χ3v) is 5.24. The van der Waals surface area contributed by atoms with E-state index in [0.29, 0.717) is 19.7 Å². The van der Waals surface area contributed by atoms with Crippen LogP contribution in [0.2, 0.25) is 0 Å². The van der Waals surface area contributed by atoms with Gasteiger partial charge in [0.25, 0.3) is 5.91 Å². The topological polar surface area (TPSA) is 51.2 Å². The maximum absolute atomic E-state index is 12.9. The second kappa shape index (κ2) is 7.62. The molecule has 0 aliphatic carbocycles. The minimum Gasteiger partial charge on any atom is -0.496 e. The molecule has 0 bridgehead atoms. The monoisotopic (exact) mass is 348 g/mol. The Hall–Kier alpha value is -1.79. The molecule has 2 aliphatic heterocycles. The van der Waals surface area contributed by atoms with Gasteiger partial charge in [-0.25, -0.2) is 0 Å². The Morgan fingerprint density at radius 3 is 2.56 bits per heavy atom. The number of morpholine rings is 1. The van der Waals surface area contributed by atoms with Crippen molar-refractivity contribution in [2.45, 2.75) is 31.4 Å². The molecule has 1 spiro atoms. The number of likely N-dealkylation sites (N-methyl/N-ethyl adjacent to an activating group) is 1. The maximum Gasteiger partial charge on any atom is 0.255 e. The fourth-order valence-corrected chi connectivity index (χ4v) is 3.89. The number of ether oxygens (including phenoxy) is 3. The second-order valence-electron chi connectivity index (χ2n) is 6.88. The Morgan fingerprint density at radius 1 is 1.16 bits per heavy atom. The zero-order valence-electron chi connectivity index (χ0n) is 15.4. The molecule has 6 nitrogen and oxygen atoms in total. The molecule has 1 aromatic carbocycles. The Bertz CT molecular complexity index is 599. The number of rotatable bonds is 4. The summed E-state index contributed by atoms with van der Waals surface area (Å²) in [5.74, 6) is 1.73. The molecule has 3 rings (SSSR count). The Labute approximate surface area is 149 Å². The van der Waals surface area contributed by atoms with Crippen molar-refractivity contribution in [3.05, 3.63) is 23.8 Å². The van der Waals surface area contributed by atoms with Crippen molar-refractivity contribution in [1.82, 2.24) is 9.80 Å². The average molecular weight is 348 g/mol. The molecule has 1 aromatic rings. The predicted octanol–water partition coefficient (Wildman–Crippen LogP) is 1.92. The first-order valence-corrected chi connectivity index (χ1v) is 8.91. The highest BCUT2D eigenvalue weighted by molar-refractivity contribution is 5.85. The molecule has 0 N–H and O–H groups in total. The SMILES string of the molecule is COc1cccc(OC)c1CN1CCOC2(CCCCN(C)C2=O)C1. The molecule has 138 valence electrons. The van der Waals surface area contributed by atoms with E-state index in [-0.39, 0.29) is 5.91 Å². The first-order valence-electron chi connectivity index (χ1n) is 8.91. The van der Waals surface area contributed by atoms with E-state index in [9.17, 15) is 4.79 Å². The van der Waals surface area contributed by atoms with Crippen LogP contribution >= 0.6 is 0 Å². The highest BCUT2D eigenvalue weighted by Crippen LogP contribution is 2.33. The largest absolute Gasteiger partial charge is 0.496 e. The van der Waals surface area contributed by atoms with Crippen LogP contribution in [0.15, 0.2) is 18.2 Å². The molecule has 0 saturated carbocycles. The fraction of sp³-hybridized carbons (Fsp3) is 0.632. The summed E-state index contributed by atoms with van der Waals surface area (Å²) in [6.07, 6.45) is 2.84. The van der Waals surface area contributed by atoms with Crippen LogP contribution in [0, 0.1) is 0 Å². The van der Waals surface area contributed by atoms with E-state index < -0.39 is 5.60 Å². The van der Waals surface area contributed by atoms with Gasteiger partial charge in [-0.3, -0.25) is 9.69 Å². The van der Waals surface area contributed by atoms with Crippen molar-refractivity contribution in [3.63, 3.8) is 0 Å². The van der Waals surface area contributed by atoms with Gasteiger partial charge in [-0.2, -0.15) is 0 Å². The van der Waals surface area contributed by atoms with Crippen LogP contribution in [0.25, 0.3) is 0 Å². The summed E-state index contributed by atoms with van der Waals surface area (Å²) in [4.78, 5) is 17.0. The Balaban J connectivity index is 1.82. The van der Waals surface area contributed by atoms with Gasteiger partial charge < -0.3 is 19.1 Å². The average Bonchev–Trinajstić information content (AvgIpc) is 2.76. The summed E-state index contributed by atoms with van der Waals surface area (Å²) in [5.41, 5.74) is 0.303. The van der Waals surface area contributed by atoms with Crippen molar-refractivity contribution >= 4 is 5.91 Å². The smallest absolute Gasteiger partial charge is 0.255 e. The van der Waals surface area contributed by atoms with Crippen LogP contribution < -0.4 is 9.47 Å². The number of amides is 1. The molecule has 1 unspecified atom stereocenters. The van der Waals surface area contributed by atoms with Gasteiger partial charge in [-0.1, -0.05) is 6.07 Å². The van der Waals surface area contributed by atoms with E-state index in [0.717, 1.165) is 49.4 Å². The zero-order chi connectivity index (χ0) is 17.9. The second-order valence-corrected chi connectivity index (χ2v) is 6.88. The minimum absolute atomic E-state index is 0.113. The van der Waals surface area contributed by atoms with Crippen LogP contribution in [-0.2, 0) is 16.1 Å². The first kappa shape index (κ1) is 18.0. The van der Waals surface area contributed by atoms with Crippen molar-refractivity contribution in [2.24, 2.45) is 0 Å². The number of hydrogen-bond acceptors (Lipinski definition) is 5. The molecule has 2 heterocycles. The van der Waals surface area contributed by atoms with Crippen LogP contribution in [0.5, 0.6) is 11.5 Å². The number of methoxy groups -OCH3 is 2. The van der Waals surface area contributed by atoms with Crippen molar-refractivity contribution in [1.29, 1.82) is 0 Å². The number of carbonyl (C=O) groups is 1. The molecule has 25 heavy (non-hydrogen) atoms. The molecule has 1 amide bonds. The predicted molar refractivity (Wildman–Crippen MR) is 95.0 cm³/mol. The summed E-state index contributed by atoms with van der Waals surface area (Å²) in [6, 6.07) is 5.81. The molecule has 2 fully saturated rings. The summed E-state index contributed by atoms with van der Waals surface area (Å²) < 4.78 is 17.1. The molecule has 2 aliphatic rings. The lowest BCUT2D eigenvalue weighted by molar-refractivity contribution is -0.169. The van der Waals surface area contributed by atoms with Gasteiger partial charge in [0, 0.05) is 33.2 Å².